The monoisotopic (exact) mass is 391 g/mol. The summed E-state index contributed by atoms with van der Waals surface area (Å²) in [5, 5.41) is 16.6. The number of azo groups is 1. The van der Waals surface area contributed by atoms with Crippen LogP contribution < -0.4 is 16.3 Å². The molecule has 0 atom stereocenters. The minimum atomic E-state index is -4.47. The molecule has 10 heteroatoms. The van der Waals surface area contributed by atoms with Gasteiger partial charge in [0.25, 0.3) is 10.1 Å². The first-order chi connectivity index (χ1) is 12.4. The molecule has 0 saturated heterocycles. The summed E-state index contributed by atoms with van der Waals surface area (Å²) in [7, 11) is -4.47. The van der Waals surface area contributed by atoms with Crippen molar-refractivity contribution in [3.8, 4) is 0 Å². The molecule has 8 nitrogen and oxygen atoms in total. The fourth-order valence-corrected chi connectivity index (χ4v) is 3.56. The highest BCUT2D eigenvalue weighted by Gasteiger charge is 2.19. The van der Waals surface area contributed by atoms with Crippen molar-refractivity contribution in [3.63, 3.8) is 0 Å². The number of hydrogen-bond donors (Lipinski definition) is 2. The van der Waals surface area contributed by atoms with Crippen molar-refractivity contribution in [2.75, 3.05) is 0 Å². The molecule has 0 aliphatic heterocycles. The highest BCUT2D eigenvalue weighted by Crippen LogP contribution is 2.29. The van der Waals surface area contributed by atoms with Gasteiger partial charge in [0.05, 0.1) is 5.69 Å². The Labute approximate surface area is 154 Å². The number of fused-ring (bicyclic) bond motifs is 1. The van der Waals surface area contributed by atoms with Crippen molar-refractivity contribution in [1.29, 1.82) is 0 Å². The van der Waals surface area contributed by atoms with Gasteiger partial charge in [-0.2, -0.15) is 13.5 Å². The summed E-state index contributed by atoms with van der Waals surface area (Å²) in [4.78, 5) is -0.264. The highest BCUT2D eigenvalue weighted by molar-refractivity contribution is 7.85. The summed E-state index contributed by atoms with van der Waals surface area (Å²) >= 11 is 5.91. The summed E-state index contributed by atoms with van der Waals surface area (Å²) in [5.74, 6) is 5.19. The van der Waals surface area contributed by atoms with Crippen LogP contribution in [-0.2, 0) is 10.1 Å². The molecule has 0 fully saturated rings. The van der Waals surface area contributed by atoms with Crippen molar-refractivity contribution in [1.82, 2.24) is 0 Å². The number of benzene rings is 2. The lowest BCUT2D eigenvalue weighted by molar-refractivity contribution is 0.482. The first-order valence-electron chi connectivity index (χ1n) is 7.53. The molecule has 0 heterocycles. The summed E-state index contributed by atoms with van der Waals surface area (Å²) in [6, 6.07) is 7.87. The third kappa shape index (κ3) is 3.79. The van der Waals surface area contributed by atoms with Crippen molar-refractivity contribution in [2.24, 2.45) is 26.4 Å². The SMILES string of the molecule is NN=Nc1c(/N=N/c2cccc(Cl)c2)cc(S(=O)(=O)O)c2c1=CCCC=2. The Bertz CT molecular complexity index is 1140. The van der Waals surface area contributed by atoms with Gasteiger partial charge in [-0.05, 0) is 37.1 Å². The molecule has 0 saturated carbocycles. The van der Waals surface area contributed by atoms with Gasteiger partial charge in [-0.25, -0.2) is 0 Å². The molecule has 1 aliphatic carbocycles. The maximum atomic E-state index is 11.8. The van der Waals surface area contributed by atoms with Crippen molar-refractivity contribution in [2.45, 2.75) is 17.7 Å². The predicted octanol–water partition coefficient (Wildman–Crippen LogP) is 3.31. The molecule has 0 radical (unpaired) electrons. The summed E-state index contributed by atoms with van der Waals surface area (Å²) < 4.78 is 33.2. The minimum absolute atomic E-state index is 0.108. The zero-order valence-electron chi connectivity index (χ0n) is 13.4. The maximum absolute atomic E-state index is 11.8. The smallest absolute Gasteiger partial charge is 0.295 e. The Morgan fingerprint density at radius 1 is 1.04 bits per heavy atom. The van der Waals surface area contributed by atoms with Crippen LogP contribution in [0.5, 0.6) is 0 Å². The van der Waals surface area contributed by atoms with Gasteiger partial charge < -0.3 is 5.84 Å². The Balaban J connectivity index is 2.28. The fraction of sp³-hybridized carbons (Fsp3) is 0.125. The van der Waals surface area contributed by atoms with Crippen LogP contribution in [0.2, 0.25) is 5.02 Å². The van der Waals surface area contributed by atoms with Crippen LogP contribution >= 0.6 is 11.6 Å². The second kappa shape index (κ2) is 7.32. The highest BCUT2D eigenvalue weighted by atomic mass is 35.5. The molecule has 0 bridgehead atoms. The van der Waals surface area contributed by atoms with Gasteiger partial charge in [0.15, 0.2) is 0 Å². The van der Waals surface area contributed by atoms with Gasteiger partial charge in [0, 0.05) is 15.5 Å². The van der Waals surface area contributed by atoms with Crippen LogP contribution in [0.3, 0.4) is 0 Å². The first kappa shape index (κ1) is 18.2. The van der Waals surface area contributed by atoms with Gasteiger partial charge in [0.2, 0.25) is 0 Å². The molecule has 0 unspecified atom stereocenters. The van der Waals surface area contributed by atoms with E-state index in [2.05, 4.69) is 20.6 Å². The van der Waals surface area contributed by atoms with Crippen LogP contribution in [-0.4, -0.2) is 13.0 Å². The second-order valence-corrected chi connectivity index (χ2v) is 7.25. The molecule has 134 valence electrons. The molecule has 0 amide bonds. The number of nitrogens with two attached hydrogens (primary N) is 1. The van der Waals surface area contributed by atoms with E-state index in [-0.39, 0.29) is 16.3 Å². The number of rotatable bonds is 4. The molecule has 3 N–H and O–H groups in total. The second-order valence-electron chi connectivity index (χ2n) is 5.43. The molecule has 2 aromatic carbocycles. The van der Waals surface area contributed by atoms with E-state index in [1.165, 1.54) is 6.07 Å². The van der Waals surface area contributed by atoms with Gasteiger partial charge in [-0.1, -0.05) is 35.0 Å². The molecule has 1 aliphatic rings. The lowest BCUT2D eigenvalue weighted by atomic mass is 10.1. The fourth-order valence-electron chi connectivity index (χ4n) is 2.64. The van der Waals surface area contributed by atoms with Crippen LogP contribution in [0.4, 0.5) is 17.1 Å². The molecular formula is C16H14ClN5O3S. The van der Waals surface area contributed by atoms with Crippen LogP contribution in [0.15, 0.2) is 55.8 Å². The zero-order chi connectivity index (χ0) is 18.7. The van der Waals surface area contributed by atoms with Crippen LogP contribution in [0.1, 0.15) is 12.8 Å². The lowest BCUT2D eigenvalue weighted by Crippen LogP contribution is -2.32. The van der Waals surface area contributed by atoms with Gasteiger partial charge in [-0.3, -0.25) is 4.55 Å². The first-order valence-corrected chi connectivity index (χ1v) is 9.35. The average molecular weight is 392 g/mol. The molecule has 0 spiro atoms. The Morgan fingerprint density at radius 3 is 2.42 bits per heavy atom. The van der Waals surface area contributed by atoms with Gasteiger partial charge in [-0.15, -0.1) is 10.2 Å². The van der Waals surface area contributed by atoms with Crippen molar-refractivity contribution >= 4 is 50.9 Å². The van der Waals surface area contributed by atoms with E-state index in [0.29, 0.717) is 34.0 Å². The number of nitrogens with zero attached hydrogens (tertiary/aromatic N) is 4. The lowest BCUT2D eigenvalue weighted by Gasteiger charge is -2.09. The van der Waals surface area contributed by atoms with E-state index in [9.17, 15) is 13.0 Å². The molecule has 2 aromatic rings. The third-order valence-corrected chi connectivity index (χ3v) is 4.83. The molecular weight excluding hydrogens is 378 g/mol. The molecule has 0 aromatic heterocycles. The Kier molecular flexibility index (Phi) is 5.12. The Hall–Kier alpha value is -2.62. The average Bonchev–Trinajstić information content (AvgIpc) is 2.60. The standard InChI is InChI=1S/C16H14ClN5O3S/c17-10-4-3-5-11(8-10)19-20-14-9-15(26(23,24)25)12-6-1-2-7-13(12)16(14)21-22-18/h3-9H,1-2H2,(H2,18,21)(H,23,24,25)/b20-19+. The normalized spacial score (nSPS) is 14.2. The van der Waals surface area contributed by atoms with E-state index < -0.39 is 10.1 Å². The maximum Gasteiger partial charge on any atom is 0.295 e. The predicted molar refractivity (Wildman–Crippen MR) is 98.0 cm³/mol. The number of halogens is 1. The van der Waals surface area contributed by atoms with E-state index in [1.54, 1.807) is 36.4 Å². The van der Waals surface area contributed by atoms with E-state index >= 15 is 0 Å². The molecule has 3 rings (SSSR count). The summed E-state index contributed by atoms with van der Waals surface area (Å²) in [6.45, 7) is 0. The van der Waals surface area contributed by atoms with E-state index in [0.717, 1.165) is 0 Å². The molecule has 26 heavy (non-hydrogen) atoms. The minimum Gasteiger partial charge on any atom is -0.305 e. The van der Waals surface area contributed by atoms with Crippen molar-refractivity contribution < 1.29 is 13.0 Å². The van der Waals surface area contributed by atoms with Crippen molar-refractivity contribution in [3.05, 3.63) is 45.8 Å². The number of hydrogen-bond acceptors (Lipinski definition) is 6. The quantitative estimate of drug-likeness (QED) is 0.358. The van der Waals surface area contributed by atoms with E-state index in [4.69, 9.17) is 17.4 Å². The van der Waals surface area contributed by atoms with Crippen LogP contribution in [0, 0.1) is 0 Å². The van der Waals surface area contributed by atoms with E-state index in [1.807, 2.05) is 0 Å². The topological polar surface area (TPSA) is 130 Å². The third-order valence-electron chi connectivity index (χ3n) is 3.70. The van der Waals surface area contributed by atoms with Gasteiger partial charge >= 0.3 is 0 Å². The summed E-state index contributed by atoms with van der Waals surface area (Å²) in [6.07, 6.45) is 4.83. The summed E-state index contributed by atoms with van der Waals surface area (Å²) in [5.41, 5.74) is 0.850. The Morgan fingerprint density at radius 2 is 1.77 bits per heavy atom. The van der Waals surface area contributed by atoms with Gasteiger partial charge in [0.1, 0.15) is 16.3 Å². The van der Waals surface area contributed by atoms with Crippen LogP contribution in [0.25, 0.3) is 12.2 Å². The largest absolute Gasteiger partial charge is 0.305 e. The zero-order valence-corrected chi connectivity index (χ0v) is 14.9.